The summed E-state index contributed by atoms with van der Waals surface area (Å²) in [7, 11) is 0. The second kappa shape index (κ2) is 11.4. The number of allylic oxidation sites excluding steroid dienone is 2. The van der Waals surface area contributed by atoms with Crippen LogP contribution in [0.5, 0.6) is 0 Å². The first-order chi connectivity index (χ1) is 18.4. The molecule has 1 heterocycles. The molecular formula is C32H32F4O2. The third-order valence-corrected chi connectivity index (χ3v) is 7.79. The first-order valence-electron chi connectivity index (χ1n) is 13.4. The molecule has 2 aliphatic rings. The topological polar surface area (TPSA) is 32.8 Å². The van der Waals surface area contributed by atoms with Crippen molar-refractivity contribution in [3.8, 4) is 0 Å². The number of halogens is 4. The molecule has 1 fully saturated rings. The average molecular weight is 525 g/mol. The molecule has 3 unspecified atom stereocenters. The summed E-state index contributed by atoms with van der Waals surface area (Å²) < 4.78 is 63.3. The van der Waals surface area contributed by atoms with Crippen molar-refractivity contribution in [2.45, 2.75) is 70.0 Å². The SMILES string of the molecule is CCCC(O)c1ccc(C2CC=C(c3ccc(CCc4ccc(C5CO5)c(F)c4F)cc3)CC2)c(F)c1F. The molecule has 0 saturated carbocycles. The lowest BCUT2D eigenvalue weighted by Crippen LogP contribution is -2.10. The Hall–Kier alpha value is -2.96. The molecule has 1 aliphatic heterocycles. The van der Waals surface area contributed by atoms with E-state index in [1.165, 1.54) is 6.07 Å². The first kappa shape index (κ1) is 26.6. The van der Waals surface area contributed by atoms with Crippen LogP contribution in [-0.2, 0) is 17.6 Å². The fourth-order valence-electron chi connectivity index (χ4n) is 5.40. The van der Waals surface area contributed by atoms with E-state index >= 15 is 0 Å². The zero-order chi connectivity index (χ0) is 26.8. The molecule has 3 atom stereocenters. The normalized spacial score (nSPS) is 19.8. The highest BCUT2D eigenvalue weighted by molar-refractivity contribution is 5.66. The smallest absolute Gasteiger partial charge is 0.164 e. The summed E-state index contributed by atoms with van der Waals surface area (Å²) in [6, 6.07) is 14.4. The molecular weight excluding hydrogens is 492 g/mol. The van der Waals surface area contributed by atoms with Gasteiger partial charge in [-0.25, -0.2) is 17.6 Å². The summed E-state index contributed by atoms with van der Waals surface area (Å²) in [5.74, 6) is -3.51. The van der Waals surface area contributed by atoms with Gasteiger partial charge >= 0.3 is 0 Å². The van der Waals surface area contributed by atoms with E-state index in [1.54, 1.807) is 18.2 Å². The van der Waals surface area contributed by atoms with Gasteiger partial charge in [0.2, 0.25) is 0 Å². The molecule has 0 radical (unpaired) electrons. The summed E-state index contributed by atoms with van der Waals surface area (Å²) in [5.41, 5.74) is 4.29. The van der Waals surface area contributed by atoms with Gasteiger partial charge in [-0.05, 0) is 72.3 Å². The largest absolute Gasteiger partial charge is 0.388 e. The maximum atomic E-state index is 14.9. The van der Waals surface area contributed by atoms with Crippen LogP contribution in [0.25, 0.3) is 5.57 Å². The molecule has 2 nitrogen and oxygen atoms in total. The van der Waals surface area contributed by atoms with Crippen LogP contribution in [0.3, 0.4) is 0 Å². The number of hydrogen-bond acceptors (Lipinski definition) is 2. The van der Waals surface area contributed by atoms with E-state index in [2.05, 4.69) is 6.08 Å². The summed E-state index contributed by atoms with van der Waals surface area (Å²) in [4.78, 5) is 0. The van der Waals surface area contributed by atoms with Crippen molar-refractivity contribution in [3.05, 3.63) is 111 Å². The predicted octanol–water partition coefficient (Wildman–Crippen LogP) is 8.28. The van der Waals surface area contributed by atoms with Gasteiger partial charge in [0.05, 0.1) is 12.7 Å². The Morgan fingerprint density at radius 2 is 1.58 bits per heavy atom. The van der Waals surface area contributed by atoms with Gasteiger partial charge in [0.15, 0.2) is 23.3 Å². The molecule has 6 heteroatoms. The monoisotopic (exact) mass is 524 g/mol. The third kappa shape index (κ3) is 5.57. The lowest BCUT2D eigenvalue weighted by Gasteiger charge is -2.24. The lowest BCUT2D eigenvalue weighted by atomic mass is 9.82. The molecule has 1 N–H and O–H groups in total. The van der Waals surface area contributed by atoms with Gasteiger partial charge in [-0.3, -0.25) is 0 Å². The number of aliphatic hydroxyl groups excluding tert-OH is 1. The highest BCUT2D eigenvalue weighted by Crippen LogP contribution is 2.39. The van der Waals surface area contributed by atoms with Crippen LogP contribution < -0.4 is 0 Å². The Kier molecular flexibility index (Phi) is 8.01. The number of rotatable bonds is 9. The molecule has 38 heavy (non-hydrogen) atoms. The molecule has 3 aromatic rings. The second-order valence-electron chi connectivity index (χ2n) is 10.3. The van der Waals surface area contributed by atoms with Crippen LogP contribution >= 0.6 is 0 Å². The number of hydrogen-bond donors (Lipinski definition) is 1. The van der Waals surface area contributed by atoms with E-state index in [9.17, 15) is 22.7 Å². The van der Waals surface area contributed by atoms with Crippen LogP contribution in [-0.4, -0.2) is 11.7 Å². The summed E-state index contributed by atoms with van der Waals surface area (Å²) in [6.45, 7) is 2.32. The number of aliphatic hydroxyl groups is 1. The number of benzene rings is 3. The van der Waals surface area contributed by atoms with Gasteiger partial charge < -0.3 is 9.84 Å². The minimum Gasteiger partial charge on any atom is -0.388 e. The zero-order valence-electron chi connectivity index (χ0n) is 21.5. The van der Waals surface area contributed by atoms with Crippen molar-refractivity contribution >= 4 is 5.57 Å². The molecule has 5 rings (SSSR count). The number of epoxide rings is 1. The van der Waals surface area contributed by atoms with Gasteiger partial charge in [0.25, 0.3) is 0 Å². The first-order valence-corrected chi connectivity index (χ1v) is 13.4. The molecule has 1 saturated heterocycles. The quantitative estimate of drug-likeness (QED) is 0.226. The zero-order valence-corrected chi connectivity index (χ0v) is 21.5. The van der Waals surface area contributed by atoms with E-state index in [0.717, 1.165) is 23.1 Å². The van der Waals surface area contributed by atoms with Crippen molar-refractivity contribution in [2.75, 3.05) is 6.61 Å². The van der Waals surface area contributed by atoms with Crippen molar-refractivity contribution < 1.29 is 27.4 Å². The Bertz CT molecular complexity index is 1330. The molecule has 1 aliphatic carbocycles. The molecule has 0 spiro atoms. The van der Waals surface area contributed by atoms with Crippen LogP contribution in [0.2, 0.25) is 0 Å². The predicted molar refractivity (Wildman–Crippen MR) is 140 cm³/mol. The van der Waals surface area contributed by atoms with E-state index in [1.807, 2.05) is 31.2 Å². The van der Waals surface area contributed by atoms with E-state index in [0.29, 0.717) is 56.3 Å². The van der Waals surface area contributed by atoms with Crippen LogP contribution in [0.1, 0.15) is 90.5 Å². The number of aryl methyl sites for hydroxylation is 2. The Balaban J connectivity index is 1.21. The number of ether oxygens (including phenoxy) is 1. The van der Waals surface area contributed by atoms with Crippen molar-refractivity contribution in [3.63, 3.8) is 0 Å². The van der Waals surface area contributed by atoms with Gasteiger partial charge in [-0.2, -0.15) is 0 Å². The van der Waals surface area contributed by atoms with Gasteiger partial charge in [0.1, 0.15) is 6.10 Å². The second-order valence-corrected chi connectivity index (χ2v) is 10.3. The summed E-state index contributed by atoms with van der Waals surface area (Å²) >= 11 is 0. The highest BCUT2D eigenvalue weighted by atomic mass is 19.2. The van der Waals surface area contributed by atoms with Gasteiger partial charge in [-0.15, -0.1) is 0 Å². The standard InChI is InChI=1S/C32H32F4O2/c1-2-3-27(37)25-17-16-24(30(34)31(25)35)22-12-10-21(11-13-22)20-7-4-19(5-8-20)6-9-23-14-15-26(28-18-38-28)32(36)29(23)33/h4-5,7-8,10,14-17,22,27-28,37H,2-3,6,9,11-13,18H2,1H3. The van der Waals surface area contributed by atoms with Crippen molar-refractivity contribution in [1.82, 2.24) is 0 Å². The van der Waals surface area contributed by atoms with Gasteiger partial charge in [0, 0.05) is 11.1 Å². The summed E-state index contributed by atoms with van der Waals surface area (Å²) in [5, 5.41) is 10.1. The van der Waals surface area contributed by atoms with Crippen molar-refractivity contribution in [1.29, 1.82) is 0 Å². The maximum absolute atomic E-state index is 14.9. The van der Waals surface area contributed by atoms with Gasteiger partial charge in [-0.1, -0.05) is 68.0 Å². The van der Waals surface area contributed by atoms with E-state index < -0.39 is 29.4 Å². The highest BCUT2D eigenvalue weighted by Gasteiger charge is 2.30. The van der Waals surface area contributed by atoms with Crippen LogP contribution in [0.4, 0.5) is 17.6 Å². The van der Waals surface area contributed by atoms with E-state index in [4.69, 9.17) is 4.74 Å². The third-order valence-electron chi connectivity index (χ3n) is 7.79. The molecule has 0 amide bonds. The Morgan fingerprint density at radius 3 is 2.24 bits per heavy atom. The minimum absolute atomic E-state index is 0.0259. The van der Waals surface area contributed by atoms with E-state index in [-0.39, 0.29) is 23.1 Å². The van der Waals surface area contributed by atoms with Crippen LogP contribution in [0, 0.1) is 23.3 Å². The minimum atomic E-state index is -0.993. The van der Waals surface area contributed by atoms with Crippen molar-refractivity contribution in [2.24, 2.45) is 0 Å². The fourth-order valence-corrected chi connectivity index (χ4v) is 5.40. The summed E-state index contributed by atoms with van der Waals surface area (Å²) in [6.07, 6.45) is 4.89. The molecule has 200 valence electrons. The molecule has 0 aromatic heterocycles. The average Bonchev–Trinajstić information content (AvgIpc) is 3.77. The molecule has 0 bridgehead atoms. The fraction of sp³-hybridized carbons (Fsp3) is 0.375. The maximum Gasteiger partial charge on any atom is 0.164 e. The van der Waals surface area contributed by atoms with Crippen LogP contribution in [0.15, 0.2) is 54.6 Å². The Labute approximate surface area is 221 Å². The lowest BCUT2D eigenvalue weighted by molar-refractivity contribution is 0.160. The Morgan fingerprint density at radius 1 is 0.868 bits per heavy atom. The molecule has 3 aromatic carbocycles.